The summed E-state index contributed by atoms with van der Waals surface area (Å²) in [5.41, 5.74) is 5.86. The number of nitrogens with zero attached hydrogens (tertiary/aromatic N) is 5. The van der Waals surface area contributed by atoms with Crippen molar-refractivity contribution in [3.63, 3.8) is 0 Å². The van der Waals surface area contributed by atoms with Crippen molar-refractivity contribution in [2.24, 2.45) is 0 Å². The van der Waals surface area contributed by atoms with Crippen LogP contribution in [0.1, 0.15) is 23.5 Å². The molecule has 2 aromatic heterocycles. The number of anilines is 1. The number of allylic oxidation sites excluding steroid dienone is 2. The third kappa shape index (κ3) is 2.44. The molecule has 134 valence electrons. The van der Waals surface area contributed by atoms with Gasteiger partial charge in [-0.2, -0.15) is 5.10 Å². The molecule has 0 radical (unpaired) electrons. The highest BCUT2D eigenvalue weighted by Gasteiger charge is 2.34. The second-order valence-corrected chi connectivity index (χ2v) is 6.85. The lowest BCUT2D eigenvalue weighted by molar-refractivity contribution is 0.315. The minimum absolute atomic E-state index is 0.274. The fourth-order valence-electron chi connectivity index (χ4n) is 3.83. The average Bonchev–Trinajstić information content (AvgIpc) is 3.36. The molecule has 1 atom stereocenters. The van der Waals surface area contributed by atoms with E-state index in [9.17, 15) is 0 Å². The molecule has 5 rings (SSSR count). The van der Waals surface area contributed by atoms with Gasteiger partial charge in [0.25, 0.3) is 0 Å². The smallest absolute Gasteiger partial charge is 0.200 e. The molecule has 8 nitrogen and oxygen atoms in total. The van der Waals surface area contributed by atoms with Crippen LogP contribution >= 0.6 is 0 Å². The van der Waals surface area contributed by atoms with E-state index in [0.717, 1.165) is 47.7 Å². The highest BCUT2D eigenvalue weighted by Crippen LogP contribution is 2.45. The lowest BCUT2D eigenvalue weighted by Crippen LogP contribution is -2.27. The molecule has 0 amide bonds. The van der Waals surface area contributed by atoms with Gasteiger partial charge in [-0.05, 0) is 41.0 Å². The second-order valence-electron chi connectivity index (χ2n) is 6.85. The fraction of sp³-hybridized carbons (Fsp3) is 0.263. The molecule has 2 N–H and O–H groups in total. The van der Waals surface area contributed by atoms with E-state index in [2.05, 4.69) is 48.7 Å². The van der Waals surface area contributed by atoms with Crippen molar-refractivity contribution in [1.82, 2.24) is 25.4 Å². The highest BCUT2D eigenvalue weighted by molar-refractivity contribution is 5.81. The van der Waals surface area contributed by atoms with Crippen molar-refractivity contribution in [3.8, 4) is 0 Å². The van der Waals surface area contributed by atoms with E-state index in [1.165, 1.54) is 0 Å². The summed E-state index contributed by atoms with van der Waals surface area (Å²) in [6, 6.07) is 5.75. The van der Waals surface area contributed by atoms with Crippen molar-refractivity contribution in [2.45, 2.75) is 12.3 Å². The maximum Gasteiger partial charge on any atom is 0.200 e. The van der Waals surface area contributed by atoms with Crippen molar-refractivity contribution in [3.05, 3.63) is 70.0 Å². The molecule has 8 heteroatoms. The number of hydrogen-bond donors (Lipinski definition) is 2. The molecular formula is C19H17N7O. The third-order valence-corrected chi connectivity index (χ3v) is 5.24. The number of aromatic amines is 1. The minimum Gasteiger partial charge on any atom is -0.350 e. The number of hydrogen-bond acceptors (Lipinski definition) is 6. The first-order valence-corrected chi connectivity index (χ1v) is 8.77. The van der Waals surface area contributed by atoms with Crippen molar-refractivity contribution in [2.75, 3.05) is 25.5 Å². The zero-order chi connectivity index (χ0) is 18.4. The van der Waals surface area contributed by atoms with Gasteiger partial charge in [-0.15, -0.1) is 0 Å². The molecule has 0 fully saturated rings. The lowest BCUT2D eigenvalue weighted by atomic mass is 9.84. The Balaban J connectivity index is 1.73. The van der Waals surface area contributed by atoms with E-state index in [4.69, 9.17) is 11.2 Å². The van der Waals surface area contributed by atoms with Gasteiger partial charge in [-0.1, -0.05) is 18.2 Å². The van der Waals surface area contributed by atoms with Crippen LogP contribution in [0.2, 0.25) is 0 Å². The molecule has 1 unspecified atom stereocenters. The SMILES string of the molecule is [C-]#[N+]C1=C(C2=CCN(C)CC2)Nc2[nH]ncc2C1c1cccc2nonc12. The number of benzene rings is 1. The summed E-state index contributed by atoms with van der Waals surface area (Å²) in [5, 5.41) is 18.7. The molecule has 4 heterocycles. The molecule has 3 aromatic rings. The summed E-state index contributed by atoms with van der Waals surface area (Å²) in [7, 11) is 2.10. The van der Waals surface area contributed by atoms with E-state index in [1.54, 1.807) is 6.20 Å². The van der Waals surface area contributed by atoms with Crippen LogP contribution < -0.4 is 5.32 Å². The summed E-state index contributed by atoms with van der Waals surface area (Å²) in [4.78, 5) is 6.20. The van der Waals surface area contributed by atoms with Gasteiger partial charge < -0.3 is 10.2 Å². The Morgan fingerprint density at radius 3 is 3.04 bits per heavy atom. The van der Waals surface area contributed by atoms with Crippen LogP contribution in [0.4, 0.5) is 5.82 Å². The van der Waals surface area contributed by atoms with E-state index >= 15 is 0 Å². The maximum atomic E-state index is 7.93. The normalized spacial score (nSPS) is 20.1. The standard InChI is InChI=1S/C19H17N7O/c1-20-18-15(12-4-3-5-14-17(12)25-27-24-14)13-10-21-23-19(13)22-16(18)11-6-8-26(2)9-7-11/h3-6,10,15H,7-9H2,2H3,(H2,21,22,23). The number of fused-ring (bicyclic) bond motifs is 2. The molecule has 0 saturated heterocycles. The predicted octanol–water partition coefficient (Wildman–Crippen LogP) is 2.90. The fourth-order valence-corrected chi connectivity index (χ4v) is 3.83. The number of H-pyrrole nitrogens is 1. The second kappa shape index (κ2) is 6.07. The summed E-state index contributed by atoms with van der Waals surface area (Å²) >= 11 is 0. The molecule has 0 aliphatic carbocycles. The first-order valence-electron chi connectivity index (χ1n) is 8.77. The van der Waals surface area contributed by atoms with Crippen molar-refractivity contribution >= 4 is 16.9 Å². The van der Waals surface area contributed by atoms with Gasteiger partial charge in [0.1, 0.15) is 16.9 Å². The van der Waals surface area contributed by atoms with Gasteiger partial charge in [0, 0.05) is 24.4 Å². The summed E-state index contributed by atoms with van der Waals surface area (Å²) in [6.07, 6.45) is 4.85. The largest absolute Gasteiger partial charge is 0.350 e. The van der Waals surface area contributed by atoms with E-state index in [0.29, 0.717) is 16.7 Å². The Hall–Kier alpha value is -3.44. The summed E-state index contributed by atoms with van der Waals surface area (Å²) < 4.78 is 4.94. The molecule has 0 spiro atoms. The van der Waals surface area contributed by atoms with Crippen LogP contribution in [0.3, 0.4) is 0 Å². The molecule has 2 aliphatic rings. The van der Waals surface area contributed by atoms with Gasteiger partial charge in [-0.25, -0.2) is 9.47 Å². The van der Waals surface area contributed by atoms with Crippen LogP contribution in [-0.4, -0.2) is 45.5 Å². The van der Waals surface area contributed by atoms with Crippen LogP contribution in [0.25, 0.3) is 15.9 Å². The number of nitrogens with one attached hydrogen (secondary N) is 2. The molecule has 0 bridgehead atoms. The lowest BCUT2D eigenvalue weighted by Gasteiger charge is -2.30. The van der Waals surface area contributed by atoms with Gasteiger partial charge in [0.2, 0.25) is 0 Å². The highest BCUT2D eigenvalue weighted by atomic mass is 16.6. The van der Waals surface area contributed by atoms with Crippen LogP contribution in [-0.2, 0) is 0 Å². The van der Waals surface area contributed by atoms with Gasteiger partial charge >= 0.3 is 0 Å². The van der Waals surface area contributed by atoms with E-state index in [1.807, 2.05) is 18.2 Å². The van der Waals surface area contributed by atoms with E-state index < -0.39 is 0 Å². The van der Waals surface area contributed by atoms with Gasteiger partial charge in [0.15, 0.2) is 5.70 Å². The molecule has 0 saturated carbocycles. The Morgan fingerprint density at radius 1 is 1.30 bits per heavy atom. The Morgan fingerprint density at radius 2 is 2.22 bits per heavy atom. The summed E-state index contributed by atoms with van der Waals surface area (Å²) in [6.45, 7) is 9.76. The summed E-state index contributed by atoms with van der Waals surface area (Å²) in [5.74, 6) is 0.541. The Bertz CT molecular complexity index is 1130. The van der Waals surface area contributed by atoms with Crippen LogP contribution in [0, 0.1) is 6.57 Å². The van der Waals surface area contributed by atoms with Gasteiger partial charge in [-0.3, -0.25) is 5.10 Å². The monoisotopic (exact) mass is 359 g/mol. The number of rotatable bonds is 2. The minimum atomic E-state index is -0.274. The zero-order valence-electron chi connectivity index (χ0n) is 14.7. The Labute approximate surface area is 155 Å². The quantitative estimate of drug-likeness (QED) is 0.684. The number of aromatic nitrogens is 4. The maximum absolute atomic E-state index is 7.93. The van der Waals surface area contributed by atoms with Crippen LogP contribution in [0.5, 0.6) is 0 Å². The van der Waals surface area contributed by atoms with Crippen LogP contribution in [0.15, 0.2) is 52.1 Å². The molecule has 27 heavy (non-hydrogen) atoms. The van der Waals surface area contributed by atoms with Crippen molar-refractivity contribution in [1.29, 1.82) is 0 Å². The molecular weight excluding hydrogens is 342 g/mol. The molecule has 1 aromatic carbocycles. The Kier molecular flexibility index (Phi) is 3.55. The number of likely N-dealkylation sites (N-methyl/N-ethyl adjacent to an activating group) is 1. The van der Waals surface area contributed by atoms with Gasteiger partial charge in [0.05, 0.1) is 18.7 Å². The average molecular weight is 359 g/mol. The third-order valence-electron chi connectivity index (χ3n) is 5.24. The van der Waals surface area contributed by atoms with Crippen molar-refractivity contribution < 1.29 is 4.63 Å². The zero-order valence-corrected chi connectivity index (χ0v) is 14.7. The predicted molar refractivity (Wildman–Crippen MR) is 99.7 cm³/mol. The first kappa shape index (κ1) is 15.8. The topological polar surface area (TPSA) is 87.2 Å². The first-order chi connectivity index (χ1) is 13.3. The molecule has 2 aliphatic heterocycles. The van der Waals surface area contributed by atoms with E-state index in [-0.39, 0.29) is 5.92 Å².